The second-order valence-electron chi connectivity index (χ2n) is 6.38. The average molecular weight is 376 g/mol. The van der Waals surface area contributed by atoms with Gasteiger partial charge in [-0.1, -0.05) is 35.9 Å². The number of nitrogens with one attached hydrogen (secondary N) is 2. The maximum Gasteiger partial charge on any atom is 0.146 e. The molecular formula is C22H18ClN3O. The van der Waals surface area contributed by atoms with E-state index >= 15 is 0 Å². The first-order valence-corrected chi connectivity index (χ1v) is 9.07. The molecule has 4 rings (SSSR count). The number of hydrogen-bond donors (Lipinski definition) is 2. The standard InChI is InChI=1S/C22H18ClN3O/c23-17-6-4-15(5-7-17)12-16-2-1-3-20-22(16)19(13-25-20)21(14-27)26-18-8-10-24-11-9-18/h1-11,13-14,21,25H,12H2,(H,24,26). The third-order valence-corrected chi connectivity index (χ3v) is 4.86. The van der Waals surface area contributed by atoms with E-state index in [9.17, 15) is 4.79 Å². The molecule has 0 amide bonds. The molecule has 0 bridgehead atoms. The lowest BCUT2D eigenvalue weighted by atomic mass is 9.97. The van der Waals surface area contributed by atoms with E-state index in [-0.39, 0.29) is 0 Å². The van der Waals surface area contributed by atoms with Crippen molar-refractivity contribution in [2.24, 2.45) is 0 Å². The highest BCUT2D eigenvalue weighted by molar-refractivity contribution is 6.30. The van der Waals surface area contributed by atoms with Crippen LogP contribution in [-0.4, -0.2) is 16.3 Å². The molecular weight excluding hydrogens is 358 g/mol. The molecule has 0 aliphatic heterocycles. The van der Waals surface area contributed by atoms with Crippen LogP contribution in [0.25, 0.3) is 10.9 Å². The number of aldehydes is 1. The molecule has 4 aromatic rings. The second-order valence-corrected chi connectivity index (χ2v) is 6.82. The molecule has 1 atom stereocenters. The van der Waals surface area contributed by atoms with E-state index in [1.54, 1.807) is 12.4 Å². The number of halogens is 1. The highest BCUT2D eigenvalue weighted by atomic mass is 35.5. The number of aromatic nitrogens is 2. The number of fused-ring (bicyclic) bond motifs is 1. The zero-order valence-electron chi connectivity index (χ0n) is 14.5. The van der Waals surface area contributed by atoms with Gasteiger partial charge in [-0.2, -0.15) is 0 Å². The smallest absolute Gasteiger partial charge is 0.146 e. The van der Waals surface area contributed by atoms with Gasteiger partial charge in [0.05, 0.1) is 0 Å². The summed E-state index contributed by atoms with van der Waals surface area (Å²) >= 11 is 6.00. The lowest BCUT2D eigenvalue weighted by Gasteiger charge is -2.15. The summed E-state index contributed by atoms with van der Waals surface area (Å²) in [5.41, 5.74) is 5.13. The van der Waals surface area contributed by atoms with Crippen LogP contribution >= 0.6 is 11.6 Å². The Morgan fingerprint density at radius 2 is 1.85 bits per heavy atom. The number of pyridine rings is 1. The lowest BCUT2D eigenvalue weighted by molar-refractivity contribution is -0.108. The van der Waals surface area contributed by atoms with Gasteiger partial charge >= 0.3 is 0 Å². The third kappa shape index (κ3) is 3.71. The Morgan fingerprint density at radius 3 is 2.59 bits per heavy atom. The van der Waals surface area contributed by atoms with E-state index in [0.717, 1.165) is 45.4 Å². The fourth-order valence-corrected chi connectivity index (χ4v) is 3.44. The summed E-state index contributed by atoms with van der Waals surface area (Å²) in [5.74, 6) is 0. The maximum atomic E-state index is 11.9. The van der Waals surface area contributed by atoms with Gasteiger partial charge in [-0.3, -0.25) is 4.98 Å². The van der Waals surface area contributed by atoms with Crippen molar-refractivity contribution in [2.75, 3.05) is 5.32 Å². The number of aromatic amines is 1. The molecule has 27 heavy (non-hydrogen) atoms. The van der Waals surface area contributed by atoms with E-state index in [4.69, 9.17) is 11.6 Å². The molecule has 2 N–H and O–H groups in total. The quantitative estimate of drug-likeness (QED) is 0.458. The Bertz CT molecular complexity index is 1060. The molecule has 4 nitrogen and oxygen atoms in total. The van der Waals surface area contributed by atoms with Crippen LogP contribution in [0.1, 0.15) is 22.7 Å². The summed E-state index contributed by atoms with van der Waals surface area (Å²) in [5, 5.41) is 5.08. The Balaban J connectivity index is 1.72. The fraction of sp³-hybridized carbons (Fsp3) is 0.0909. The number of H-pyrrole nitrogens is 1. The summed E-state index contributed by atoms with van der Waals surface area (Å²) < 4.78 is 0. The van der Waals surface area contributed by atoms with Crippen LogP contribution in [0.5, 0.6) is 0 Å². The molecule has 0 saturated carbocycles. The van der Waals surface area contributed by atoms with Gasteiger partial charge in [0.1, 0.15) is 12.3 Å². The minimum absolute atomic E-state index is 0.451. The van der Waals surface area contributed by atoms with E-state index < -0.39 is 6.04 Å². The van der Waals surface area contributed by atoms with Crippen molar-refractivity contribution in [1.82, 2.24) is 9.97 Å². The van der Waals surface area contributed by atoms with Crippen LogP contribution < -0.4 is 5.32 Å². The van der Waals surface area contributed by atoms with Crippen molar-refractivity contribution in [3.05, 3.63) is 94.9 Å². The molecule has 2 heterocycles. The Labute approximate surface area is 162 Å². The van der Waals surface area contributed by atoms with Crippen LogP contribution in [0, 0.1) is 0 Å². The Morgan fingerprint density at radius 1 is 1.07 bits per heavy atom. The van der Waals surface area contributed by atoms with Crippen LogP contribution in [0.3, 0.4) is 0 Å². The molecule has 2 aromatic heterocycles. The van der Waals surface area contributed by atoms with Gasteiger partial charge in [-0.15, -0.1) is 0 Å². The van der Waals surface area contributed by atoms with Gasteiger partial charge in [0, 0.05) is 45.8 Å². The van der Waals surface area contributed by atoms with Crippen LogP contribution in [-0.2, 0) is 11.2 Å². The highest BCUT2D eigenvalue weighted by Gasteiger charge is 2.17. The molecule has 0 radical (unpaired) electrons. The molecule has 0 spiro atoms. The van der Waals surface area contributed by atoms with Gasteiger partial charge in [0.15, 0.2) is 0 Å². The van der Waals surface area contributed by atoms with Crippen molar-refractivity contribution in [2.45, 2.75) is 12.5 Å². The number of anilines is 1. The van der Waals surface area contributed by atoms with Crippen molar-refractivity contribution in [3.63, 3.8) is 0 Å². The first-order valence-electron chi connectivity index (χ1n) is 8.70. The molecule has 0 saturated heterocycles. The number of carbonyl (C=O) groups excluding carboxylic acids is 1. The summed E-state index contributed by atoms with van der Waals surface area (Å²) in [4.78, 5) is 19.2. The first kappa shape index (κ1) is 17.3. The third-order valence-electron chi connectivity index (χ3n) is 4.60. The lowest BCUT2D eigenvalue weighted by Crippen LogP contribution is -2.12. The topological polar surface area (TPSA) is 57.8 Å². The molecule has 134 valence electrons. The van der Waals surface area contributed by atoms with Gasteiger partial charge in [0.2, 0.25) is 0 Å². The van der Waals surface area contributed by atoms with Gasteiger partial charge < -0.3 is 15.1 Å². The summed E-state index contributed by atoms with van der Waals surface area (Å²) in [6, 6.07) is 17.2. The van der Waals surface area contributed by atoms with E-state index in [1.807, 2.05) is 54.7 Å². The Hall–Kier alpha value is -3.11. The summed E-state index contributed by atoms with van der Waals surface area (Å²) in [6.45, 7) is 0. The maximum absolute atomic E-state index is 11.9. The number of benzene rings is 2. The van der Waals surface area contributed by atoms with Crippen LogP contribution in [0.2, 0.25) is 5.02 Å². The van der Waals surface area contributed by atoms with Gasteiger partial charge in [-0.05, 0) is 47.9 Å². The zero-order chi connectivity index (χ0) is 18.6. The molecule has 0 aliphatic rings. The predicted octanol–water partition coefficient (Wildman–Crippen LogP) is 5.16. The first-order chi connectivity index (χ1) is 13.2. The zero-order valence-corrected chi connectivity index (χ0v) is 15.3. The van der Waals surface area contributed by atoms with Gasteiger partial charge in [-0.25, -0.2) is 0 Å². The minimum Gasteiger partial charge on any atom is -0.372 e. The van der Waals surface area contributed by atoms with Crippen molar-refractivity contribution in [3.8, 4) is 0 Å². The van der Waals surface area contributed by atoms with Crippen molar-refractivity contribution >= 4 is 34.5 Å². The predicted molar refractivity (Wildman–Crippen MR) is 109 cm³/mol. The number of rotatable bonds is 6. The molecule has 0 fully saturated rings. The largest absolute Gasteiger partial charge is 0.372 e. The molecule has 2 aromatic carbocycles. The number of carbonyl (C=O) groups is 1. The summed E-state index contributed by atoms with van der Waals surface area (Å²) in [6.07, 6.45) is 7.00. The summed E-state index contributed by atoms with van der Waals surface area (Å²) in [7, 11) is 0. The average Bonchev–Trinajstić information content (AvgIpc) is 3.14. The van der Waals surface area contributed by atoms with Crippen LogP contribution in [0.15, 0.2) is 73.2 Å². The van der Waals surface area contributed by atoms with E-state index in [2.05, 4.69) is 21.4 Å². The van der Waals surface area contributed by atoms with Gasteiger partial charge in [0.25, 0.3) is 0 Å². The minimum atomic E-state index is -0.451. The second kappa shape index (κ2) is 7.64. The highest BCUT2D eigenvalue weighted by Crippen LogP contribution is 2.30. The van der Waals surface area contributed by atoms with E-state index in [1.165, 1.54) is 5.56 Å². The SMILES string of the molecule is O=CC(Nc1ccncc1)c1c[nH]c2cccc(Cc3ccc(Cl)cc3)c12. The van der Waals surface area contributed by atoms with Crippen LogP contribution in [0.4, 0.5) is 5.69 Å². The number of hydrogen-bond acceptors (Lipinski definition) is 3. The molecule has 0 aliphatic carbocycles. The molecule has 1 unspecified atom stereocenters. The number of nitrogens with zero attached hydrogens (tertiary/aromatic N) is 1. The Kier molecular flexibility index (Phi) is 4.90. The molecule has 5 heteroatoms. The fourth-order valence-electron chi connectivity index (χ4n) is 3.32. The van der Waals surface area contributed by atoms with Crippen molar-refractivity contribution < 1.29 is 4.79 Å². The van der Waals surface area contributed by atoms with Crippen molar-refractivity contribution in [1.29, 1.82) is 0 Å². The van der Waals surface area contributed by atoms with E-state index in [0.29, 0.717) is 0 Å². The monoisotopic (exact) mass is 375 g/mol. The normalized spacial score (nSPS) is 12.0.